The van der Waals surface area contributed by atoms with Crippen molar-refractivity contribution in [1.29, 1.82) is 0 Å². The van der Waals surface area contributed by atoms with Crippen molar-refractivity contribution in [2.75, 3.05) is 19.6 Å². The lowest BCUT2D eigenvalue weighted by molar-refractivity contribution is -0.122. The molecule has 0 unspecified atom stereocenters. The molecule has 0 radical (unpaired) electrons. The molecule has 5 heteroatoms. The van der Waals surface area contributed by atoms with E-state index in [9.17, 15) is 9.59 Å². The lowest BCUT2D eigenvalue weighted by atomic mass is 10.0. The molecule has 0 bridgehead atoms. The molecule has 1 aromatic carbocycles. The smallest absolute Gasteiger partial charge is 0.251 e. The molecule has 118 valence electrons. The van der Waals surface area contributed by atoms with Crippen molar-refractivity contribution in [3.8, 4) is 0 Å². The molecule has 0 atom stereocenters. The maximum Gasteiger partial charge on any atom is 0.251 e. The fraction of sp³-hybridized carbons (Fsp3) is 0.529. The molecule has 1 aliphatic heterocycles. The van der Waals surface area contributed by atoms with Gasteiger partial charge in [0.25, 0.3) is 5.91 Å². The van der Waals surface area contributed by atoms with E-state index in [1.807, 2.05) is 30.3 Å². The molecular formula is C17H23N3O2. The van der Waals surface area contributed by atoms with Crippen LogP contribution in [0.4, 0.5) is 0 Å². The molecule has 2 N–H and O–H groups in total. The number of nitrogens with one attached hydrogen (secondary N) is 2. The van der Waals surface area contributed by atoms with E-state index in [1.54, 1.807) is 0 Å². The number of carbonyl (C=O) groups excluding carboxylic acids is 2. The van der Waals surface area contributed by atoms with E-state index >= 15 is 0 Å². The molecule has 2 amide bonds. The third-order valence-corrected chi connectivity index (χ3v) is 4.27. The molecule has 1 heterocycles. The fourth-order valence-electron chi connectivity index (χ4n) is 2.80. The Morgan fingerprint density at radius 1 is 0.955 bits per heavy atom. The van der Waals surface area contributed by atoms with Crippen LogP contribution in [0, 0.1) is 0 Å². The fourth-order valence-corrected chi connectivity index (χ4v) is 2.80. The molecule has 1 saturated carbocycles. The Hall–Kier alpha value is -1.88. The van der Waals surface area contributed by atoms with E-state index in [0.717, 1.165) is 38.8 Å². The summed E-state index contributed by atoms with van der Waals surface area (Å²) in [4.78, 5) is 26.1. The highest BCUT2D eigenvalue weighted by atomic mass is 16.2. The minimum atomic E-state index is -0.00877. The van der Waals surface area contributed by atoms with Crippen LogP contribution < -0.4 is 10.6 Å². The Kier molecular flexibility index (Phi) is 4.73. The molecule has 0 aromatic heterocycles. The number of nitrogens with zero attached hydrogens (tertiary/aromatic N) is 1. The van der Waals surface area contributed by atoms with Gasteiger partial charge in [0.1, 0.15) is 0 Å². The van der Waals surface area contributed by atoms with Gasteiger partial charge in [-0.3, -0.25) is 14.5 Å². The van der Waals surface area contributed by atoms with E-state index in [4.69, 9.17) is 0 Å². The summed E-state index contributed by atoms with van der Waals surface area (Å²) in [7, 11) is 0. The van der Waals surface area contributed by atoms with Gasteiger partial charge in [-0.1, -0.05) is 18.2 Å². The van der Waals surface area contributed by atoms with Crippen molar-refractivity contribution in [3.05, 3.63) is 35.9 Å². The second kappa shape index (κ2) is 6.92. The summed E-state index contributed by atoms with van der Waals surface area (Å²) in [6.07, 6.45) is 4.04. The van der Waals surface area contributed by atoms with Crippen LogP contribution in [-0.2, 0) is 4.79 Å². The van der Waals surface area contributed by atoms with Crippen molar-refractivity contribution in [2.24, 2.45) is 0 Å². The van der Waals surface area contributed by atoms with Crippen LogP contribution in [0.15, 0.2) is 30.3 Å². The molecule has 0 spiro atoms. The van der Waals surface area contributed by atoms with Gasteiger partial charge in [-0.2, -0.15) is 0 Å². The lowest BCUT2D eigenvalue weighted by Gasteiger charge is -2.31. The van der Waals surface area contributed by atoms with Crippen LogP contribution in [0.2, 0.25) is 0 Å². The van der Waals surface area contributed by atoms with Gasteiger partial charge in [0.2, 0.25) is 5.91 Å². The Morgan fingerprint density at radius 2 is 1.59 bits per heavy atom. The van der Waals surface area contributed by atoms with Crippen molar-refractivity contribution in [2.45, 2.75) is 37.8 Å². The number of hydrogen-bond acceptors (Lipinski definition) is 3. The maximum atomic E-state index is 12.1. The van der Waals surface area contributed by atoms with E-state index < -0.39 is 0 Å². The number of hydrogen-bond donors (Lipinski definition) is 2. The third kappa shape index (κ3) is 4.31. The summed E-state index contributed by atoms with van der Waals surface area (Å²) in [5, 5.41) is 6.10. The van der Waals surface area contributed by atoms with Gasteiger partial charge in [-0.25, -0.2) is 0 Å². The SMILES string of the molecule is O=C(CN1CCC(NC(=O)c2ccccc2)CC1)NC1CC1. The monoisotopic (exact) mass is 301 g/mol. The minimum absolute atomic E-state index is 0.00877. The van der Waals surface area contributed by atoms with Crippen LogP contribution in [0.1, 0.15) is 36.0 Å². The molecule has 5 nitrogen and oxygen atoms in total. The van der Waals surface area contributed by atoms with Gasteiger partial charge in [-0.05, 0) is 37.8 Å². The van der Waals surface area contributed by atoms with Gasteiger partial charge < -0.3 is 10.6 Å². The van der Waals surface area contributed by atoms with E-state index in [-0.39, 0.29) is 17.9 Å². The zero-order valence-electron chi connectivity index (χ0n) is 12.8. The van der Waals surface area contributed by atoms with Crippen LogP contribution in [0.5, 0.6) is 0 Å². The number of likely N-dealkylation sites (tertiary alicyclic amines) is 1. The predicted molar refractivity (Wildman–Crippen MR) is 84.5 cm³/mol. The number of amides is 2. The zero-order chi connectivity index (χ0) is 15.4. The standard InChI is InChI=1S/C17H23N3O2/c21-16(18-14-6-7-14)12-20-10-8-15(9-11-20)19-17(22)13-4-2-1-3-5-13/h1-5,14-15H,6-12H2,(H,18,21)(H,19,22). The molecule has 1 saturated heterocycles. The minimum Gasteiger partial charge on any atom is -0.352 e. The van der Waals surface area contributed by atoms with Crippen LogP contribution >= 0.6 is 0 Å². The summed E-state index contributed by atoms with van der Waals surface area (Å²) < 4.78 is 0. The molecular weight excluding hydrogens is 278 g/mol. The molecule has 3 rings (SSSR count). The summed E-state index contributed by atoms with van der Waals surface area (Å²) in [6.45, 7) is 2.20. The maximum absolute atomic E-state index is 12.1. The van der Waals surface area contributed by atoms with Gasteiger partial charge in [-0.15, -0.1) is 0 Å². The lowest BCUT2D eigenvalue weighted by Crippen LogP contribution is -2.47. The molecule has 2 fully saturated rings. The van der Waals surface area contributed by atoms with Crippen molar-refractivity contribution in [1.82, 2.24) is 15.5 Å². The van der Waals surface area contributed by atoms with E-state index in [0.29, 0.717) is 18.2 Å². The highest BCUT2D eigenvalue weighted by Crippen LogP contribution is 2.18. The van der Waals surface area contributed by atoms with Crippen LogP contribution in [0.25, 0.3) is 0 Å². The highest BCUT2D eigenvalue weighted by molar-refractivity contribution is 5.94. The topological polar surface area (TPSA) is 61.4 Å². The highest BCUT2D eigenvalue weighted by Gasteiger charge is 2.26. The molecule has 1 aliphatic carbocycles. The Labute approximate surface area is 131 Å². The molecule has 1 aromatic rings. The first-order valence-corrected chi connectivity index (χ1v) is 8.08. The summed E-state index contributed by atoms with van der Waals surface area (Å²) in [5.41, 5.74) is 0.703. The van der Waals surface area contributed by atoms with Gasteiger partial charge >= 0.3 is 0 Å². The van der Waals surface area contributed by atoms with Gasteiger partial charge in [0.05, 0.1) is 6.54 Å². The number of rotatable bonds is 5. The normalized spacial score (nSPS) is 19.6. The number of benzene rings is 1. The average Bonchev–Trinajstić information content (AvgIpc) is 3.34. The summed E-state index contributed by atoms with van der Waals surface area (Å²) in [5.74, 6) is 0.125. The summed E-state index contributed by atoms with van der Waals surface area (Å²) >= 11 is 0. The van der Waals surface area contributed by atoms with Gasteiger partial charge in [0.15, 0.2) is 0 Å². The van der Waals surface area contributed by atoms with Crippen molar-refractivity contribution in [3.63, 3.8) is 0 Å². The first-order valence-electron chi connectivity index (χ1n) is 8.08. The quantitative estimate of drug-likeness (QED) is 0.858. The Morgan fingerprint density at radius 3 is 2.23 bits per heavy atom. The second-order valence-corrected chi connectivity index (χ2v) is 6.23. The van der Waals surface area contributed by atoms with Gasteiger partial charge in [0, 0.05) is 30.7 Å². The van der Waals surface area contributed by atoms with E-state index in [1.165, 1.54) is 0 Å². The Balaban J connectivity index is 1.39. The first-order chi connectivity index (χ1) is 10.7. The average molecular weight is 301 g/mol. The summed E-state index contributed by atoms with van der Waals surface area (Å²) in [6, 6.07) is 9.93. The van der Waals surface area contributed by atoms with Crippen molar-refractivity contribution < 1.29 is 9.59 Å². The largest absolute Gasteiger partial charge is 0.352 e. The third-order valence-electron chi connectivity index (χ3n) is 4.27. The zero-order valence-corrected chi connectivity index (χ0v) is 12.8. The van der Waals surface area contributed by atoms with Crippen LogP contribution in [0.3, 0.4) is 0 Å². The van der Waals surface area contributed by atoms with Crippen LogP contribution in [-0.4, -0.2) is 48.4 Å². The second-order valence-electron chi connectivity index (χ2n) is 6.23. The Bertz CT molecular complexity index is 520. The number of piperidine rings is 1. The number of carbonyl (C=O) groups is 2. The van der Waals surface area contributed by atoms with E-state index in [2.05, 4.69) is 15.5 Å². The molecule has 2 aliphatic rings. The molecule has 22 heavy (non-hydrogen) atoms. The predicted octanol–water partition coefficient (Wildman–Crippen LogP) is 1.16. The van der Waals surface area contributed by atoms with Crippen molar-refractivity contribution >= 4 is 11.8 Å². The first kappa shape index (κ1) is 15.0.